The fourth-order valence-electron chi connectivity index (χ4n) is 3.37. The molecule has 2 nitrogen and oxygen atoms in total. The Morgan fingerprint density at radius 3 is 2.79 bits per heavy atom. The highest BCUT2D eigenvalue weighted by molar-refractivity contribution is 5.17. The minimum absolute atomic E-state index is 0.0416. The minimum Gasteiger partial charge on any atom is -0.329 e. The molecule has 0 radical (unpaired) electrons. The summed E-state index contributed by atoms with van der Waals surface area (Å²) in [6, 6.07) is 7.02. The molecule has 106 valence electrons. The van der Waals surface area contributed by atoms with E-state index in [1.807, 2.05) is 12.1 Å². The quantitative estimate of drug-likeness (QED) is 0.905. The molecule has 0 saturated heterocycles. The van der Waals surface area contributed by atoms with Crippen molar-refractivity contribution in [2.24, 2.45) is 11.7 Å². The van der Waals surface area contributed by atoms with Crippen LogP contribution in [0, 0.1) is 11.7 Å². The Morgan fingerprint density at radius 1 is 1.42 bits per heavy atom. The van der Waals surface area contributed by atoms with E-state index in [2.05, 4.69) is 18.9 Å². The molecule has 0 spiro atoms. The molecule has 1 aromatic carbocycles. The van der Waals surface area contributed by atoms with Crippen LogP contribution in [0.1, 0.15) is 38.2 Å². The smallest absolute Gasteiger partial charge is 0.127 e. The van der Waals surface area contributed by atoms with Gasteiger partial charge in [0, 0.05) is 24.2 Å². The number of likely N-dealkylation sites (N-methyl/N-ethyl adjacent to an activating group) is 1. The van der Waals surface area contributed by atoms with Crippen molar-refractivity contribution in [1.29, 1.82) is 0 Å². The summed E-state index contributed by atoms with van der Waals surface area (Å²) in [7, 11) is 2.08. The Labute approximate surface area is 115 Å². The van der Waals surface area contributed by atoms with Crippen molar-refractivity contribution in [3.05, 3.63) is 35.6 Å². The summed E-state index contributed by atoms with van der Waals surface area (Å²) in [6.07, 6.45) is 4.75. The van der Waals surface area contributed by atoms with Gasteiger partial charge in [-0.25, -0.2) is 4.39 Å². The van der Waals surface area contributed by atoms with Gasteiger partial charge in [0.15, 0.2) is 0 Å². The second-order valence-electron chi connectivity index (χ2n) is 6.08. The summed E-state index contributed by atoms with van der Waals surface area (Å²) in [6.45, 7) is 3.58. The van der Waals surface area contributed by atoms with Crippen LogP contribution in [0.4, 0.5) is 4.39 Å². The molecule has 0 aliphatic heterocycles. The number of nitrogens with two attached hydrogens (primary N) is 1. The number of benzene rings is 1. The van der Waals surface area contributed by atoms with Crippen LogP contribution >= 0.6 is 0 Å². The number of rotatable bonds is 4. The van der Waals surface area contributed by atoms with E-state index in [0.717, 1.165) is 18.4 Å². The van der Waals surface area contributed by atoms with Gasteiger partial charge in [0.1, 0.15) is 5.82 Å². The van der Waals surface area contributed by atoms with Crippen LogP contribution in [0.25, 0.3) is 0 Å². The van der Waals surface area contributed by atoms with Crippen LogP contribution in [0.15, 0.2) is 24.3 Å². The molecule has 0 bridgehead atoms. The summed E-state index contributed by atoms with van der Waals surface area (Å²) in [4.78, 5) is 2.26. The first-order chi connectivity index (χ1) is 9.07. The first-order valence-corrected chi connectivity index (χ1v) is 7.22. The molecule has 0 aromatic heterocycles. The van der Waals surface area contributed by atoms with Crippen LogP contribution in [-0.2, 0) is 6.54 Å². The van der Waals surface area contributed by atoms with Crippen LogP contribution in [-0.4, -0.2) is 24.0 Å². The molecule has 1 aromatic rings. The molecule has 1 fully saturated rings. The van der Waals surface area contributed by atoms with E-state index in [4.69, 9.17) is 5.73 Å². The molecule has 2 atom stereocenters. The van der Waals surface area contributed by atoms with E-state index in [0.29, 0.717) is 19.0 Å². The molecule has 1 saturated carbocycles. The number of hydrogen-bond acceptors (Lipinski definition) is 2. The monoisotopic (exact) mass is 264 g/mol. The van der Waals surface area contributed by atoms with Crippen molar-refractivity contribution in [3.8, 4) is 0 Å². The van der Waals surface area contributed by atoms with E-state index >= 15 is 0 Å². The van der Waals surface area contributed by atoms with Gasteiger partial charge < -0.3 is 5.73 Å². The standard InChI is InChI=1S/C16H25FN2/c1-13-6-5-9-16(10-13,12-18)19(2)11-14-7-3-4-8-15(14)17/h3-4,7-8,13H,5-6,9-12,18H2,1-2H3. The highest BCUT2D eigenvalue weighted by Crippen LogP contribution is 2.36. The van der Waals surface area contributed by atoms with E-state index in [-0.39, 0.29) is 11.4 Å². The van der Waals surface area contributed by atoms with E-state index in [1.54, 1.807) is 6.07 Å². The largest absolute Gasteiger partial charge is 0.329 e. The Morgan fingerprint density at radius 2 is 2.16 bits per heavy atom. The summed E-state index contributed by atoms with van der Waals surface area (Å²) in [5, 5.41) is 0. The van der Waals surface area contributed by atoms with Crippen molar-refractivity contribution in [2.45, 2.75) is 44.7 Å². The van der Waals surface area contributed by atoms with Crippen molar-refractivity contribution in [2.75, 3.05) is 13.6 Å². The Balaban J connectivity index is 2.13. The molecular formula is C16H25FN2. The second kappa shape index (κ2) is 6.02. The number of hydrogen-bond donors (Lipinski definition) is 1. The normalized spacial score (nSPS) is 27.7. The Kier molecular flexibility index (Phi) is 4.58. The summed E-state index contributed by atoms with van der Waals surface area (Å²) >= 11 is 0. The van der Waals surface area contributed by atoms with Crippen molar-refractivity contribution < 1.29 is 4.39 Å². The van der Waals surface area contributed by atoms with Gasteiger partial charge in [-0.1, -0.05) is 38.0 Å². The van der Waals surface area contributed by atoms with Gasteiger partial charge in [-0.2, -0.15) is 0 Å². The SMILES string of the molecule is CC1CCCC(CN)(N(C)Cc2ccccc2F)C1. The lowest BCUT2D eigenvalue weighted by atomic mass is 9.75. The van der Waals surface area contributed by atoms with Gasteiger partial charge in [0.25, 0.3) is 0 Å². The third kappa shape index (κ3) is 3.15. The van der Waals surface area contributed by atoms with Crippen molar-refractivity contribution in [3.63, 3.8) is 0 Å². The van der Waals surface area contributed by atoms with E-state index < -0.39 is 0 Å². The second-order valence-corrected chi connectivity index (χ2v) is 6.08. The van der Waals surface area contributed by atoms with Gasteiger partial charge in [0.05, 0.1) is 0 Å². The summed E-state index contributed by atoms with van der Waals surface area (Å²) in [5.41, 5.74) is 6.86. The predicted octanol–water partition coefficient (Wildman–Crippen LogP) is 3.17. The molecule has 2 N–H and O–H groups in total. The van der Waals surface area contributed by atoms with Crippen molar-refractivity contribution in [1.82, 2.24) is 4.90 Å². The first kappa shape index (κ1) is 14.5. The fraction of sp³-hybridized carbons (Fsp3) is 0.625. The lowest BCUT2D eigenvalue weighted by Crippen LogP contribution is -2.54. The third-order valence-corrected chi connectivity index (χ3v) is 4.62. The third-order valence-electron chi connectivity index (χ3n) is 4.62. The predicted molar refractivity (Wildman–Crippen MR) is 77.3 cm³/mol. The van der Waals surface area contributed by atoms with Gasteiger partial charge in [-0.3, -0.25) is 4.90 Å². The lowest BCUT2D eigenvalue weighted by Gasteiger charge is -2.46. The first-order valence-electron chi connectivity index (χ1n) is 7.22. The highest BCUT2D eigenvalue weighted by Gasteiger charge is 2.37. The topological polar surface area (TPSA) is 29.3 Å². The maximum Gasteiger partial charge on any atom is 0.127 e. The molecule has 0 amide bonds. The molecule has 1 aliphatic carbocycles. The summed E-state index contributed by atoms with van der Waals surface area (Å²) < 4.78 is 13.8. The maximum absolute atomic E-state index is 13.8. The van der Waals surface area contributed by atoms with Gasteiger partial charge in [0.2, 0.25) is 0 Å². The maximum atomic E-state index is 13.8. The van der Waals surface area contributed by atoms with Crippen molar-refractivity contribution >= 4 is 0 Å². The van der Waals surface area contributed by atoms with Crippen LogP contribution in [0.2, 0.25) is 0 Å². The van der Waals surface area contributed by atoms with Crippen LogP contribution < -0.4 is 5.73 Å². The average Bonchev–Trinajstić information content (AvgIpc) is 2.41. The molecule has 2 unspecified atom stereocenters. The zero-order valence-electron chi connectivity index (χ0n) is 12.0. The fourth-order valence-corrected chi connectivity index (χ4v) is 3.37. The zero-order valence-corrected chi connectivity index (χ0v) is 12.0. The minimum atomic E-state index is -0.120. The molecule has 1 aliphatic rings. The zero-order chi connectivity index (χ0) is 13.9. The van der Waals surface area contributed by atoms with Gasteiger partial charge in [-0.15, -0.1) is 0 Å². The lowest BCUT2D eigenvalue weighted by molar-refractivity contribution is 0.0546. The number of nitrogens with zero attached hydrogens (tertiary/aromatic N) is 1. The van der Waals surface area contributed by atoms with Crippen LogP contribution in [0.5, 0.6) is 0 Å². The molecule has 0 heterocycles. The molecule has 3 heteroatoms. The average molecular weight is 264 g/mol. The highest BCUT2D eigenvalue weighted by atomic mass is 19.1. The van der Waals surface area contributed by atoms with E-state index in [1.165, 1.54) is 18.9 Å². The van der Waals surface area contributed by atoms with E-state index in [9.17, 15) is 4.39 Å². The van der Waals surface area contributed by atoms with Crippen LogP contribution in [0.3, 0.4) is 0 Å². The number of halogens is 1. The van der Waals surface area contributed by atoms with Gasteiger partial charge in [-0.05, 0) is 31.9 Å². The molecule has 19 heavy (non-hydrogen) atoms. The Hall–Kier alpha value is -0.930. The van der Waals surface area contributed by atoms with Gasteiger partial charge >= 0.3 is 0 Å². The molecule has 2 rings (SSSR count). The molecular weight excluding hydrogens is 239 g/mol. The summed E-state index contributed by atoms with van der Waals surface area (Å²) in [5.74, 6) is 0.589. The Bertz CT molecular complexity index is 421.